The molecule has 4 aromatic rings. The lowest BCUT2D eigenvalue weighted by atomic mass is 9.92. The minimum Gasteiger partial charge on any atom is -0.422 e. The average Bonchev–Trinajstić information content (AvgIpc) is 3.09. The van der Waals surface area contributed by atoms with Crippen LogP contribution in [0.15, 0.2) is 94.4 Å². The number of nitrogens with one attached hydrogen (secondary N) is 1. The van der Waals surface area contributed by atoms with Gasteiger partial charge in [-0.15, -0.1) is 0 Å². The minimum absolute atomic E-state index is 0.0549. The third-order valence-electron chi connectivity index (χ3n) is 4.00. The van der Waals surface area contributed by atoms with Crippen LogP contribution in [-0.2, 0) is 0 Å². The number of benzene rings is 3. The van der Waals surface area contributed by atoms with Crippen LogP contribution in [0.1, 0.15) is 17.0 Å². The van der Waals surface area contributed by atoms with E-state index >= 15 is 0 Å². The van der Waals surface area contributed by atoms with Crippen LogP contribution in [0, 0.1) is 0 Å². The first kappa shape index (κ1) is 15.1. The van der Waals surface area contributed by atoms with Crippen molar-refractivity contribution in [2.24, 2.45) is 5.10 Å². The van der Waals surface area contributed by atoms with Gasteiger partial charge in [0.1, 0.15) is 5.52 Å². The lowest BCUT2D eigenvalue weighted by molar-refractivity contribution is 0.617. The second kappa shape index (κ2) is 7.01. The summed E-state index contributed by atoms with van der Waals surface area (Å²) >= 11 is 0. The van der Waals surface area contributed by atoms with Gasteiger partial charge in [-0.25, -0.2) is 5.43 Å². The molecule has 4 heteroatoms. The Hall–Kier alpha value is -3.40. The summed E-state index contributed by atoms with van der Waals surface area (Å²) in [6.07, 6.45) is 1.87. The van der Waals surface area contributed by atoms with Gasteiger partial charge in [-0.1, -0.05) is 72.8 Å². The van der Waals surface area contributed by atoms with Crippen molar-refractivity contribution < 1.29 is 4.42 Å². The highest BCUT2D eigenvalue weighted by atomic mass is 16.4. The number of anilines is 1. The number of oxazole rings is 1. The summed E-state index contributed by atoms with van der Waals surface area (Å²) in [5.74, 6) is 0.0549. The van der Waals surface area contributed by atoms with E-state index in [1.165, 1.54) is 11.1 Å². The van der Waals surface area contributed by atoms with Crippen LogP contribution in [0.3, 0.4) is 0 Å². The molecule has 1 aromatic heterocycles. The Morgan fingerprint density at radius 1 is 0.800 bits per heavy atom. The van der Waals surface area contributed by atoms with Gasteiger partial charge in [0, 0.05) is 12.1 Å². The Balaban J connectivity index is 1.59. The van der Waals surface area contributed by atoms with Crippen LogP contribution in [0.2, 0.25) is 0 Å². The first-order valence-corrected chi connectivity index (χ1v) is 8.15. The van der Waals surface area contributed by atoms with Gasteiger partial charge >= 0.3 is 6.01 Å². The first-order chi connectivity index (χ1) is 12.4. The maximum absolute atomic E-state index is 5.63. The zero-order valence-electron chi connectivity index (χ0n) is 13.5. The third kappa shape index (κ3) is 3.43. The molecule has 0 atom stereocenters. The number of rotatable bonds is 5. The van der Waals surface area contributed by atoms with Crippen LogP contribution in [0.5, 0.6) is 0 Å². The Morgan fingerprint density at radius 2 is 1.40 bits per heavy atom. The third-order valence-corrected chi connectivity index (χ3v) is 4.00. The van der Waals surface area contributed by atoms with Crippen LogP contribution >= 0.6 is 0 Å². The highest BCUT2D eigenvalue weighted by Gasteiger charge is 2.11. The number of fused-ring (bicyclic) bond motifs is 1. The Morgan fingerprint density at radius 3 is 2.04 bits per heavy atom. The fourth-order valence-corrected chi connectivity index (χ4v) is 2.77. The second-order valence-electron chi connectivity index (χ2n) is 5.68. The summed E-state index contributed by atoms with van der Waals surface area (Å²) in [5.41, 5.74) is 6.80. The monoisotopic (exact) mass is 327 g/mol. The second-order valence-corrected chi connectivity index (χ2v) is 5.68. The molecule has 25 heavy (non-hydrogen) atoms. The van der Waals surface area contributed by atoms with Crippen molar-refractivity contribution in [2.45, 2.75) is 5.92 Å². The normalized spacial score (nSPS) is 11.4. The van der Waals surface area contributed by atoms with Gasteiger partial charge in [-0.05, 0) is 23.3 Å². The number of hydrogen-bond acceptors (Lipinski definition) is 4. The molecule has 0 spiro atoms. The largest absolute Gasteiger partial charge is 0.422 e. The fraction of sp³-hybridized carbons (Fsp3) is 0.0476. The molecule has 0 radical (unpaired) electrons. The van der Waals surface area contributed by atoms with Crippen molar-refractivity contribution in [3.8, 4) is 0 Å². The van der Waals surface area contributed by atoms with E-state index in [9.17, 15) is 0 Å². The molecule has 0 aliphatic heterocycles. The molecule has 0 aliphatic carbocycles. The Bertz CT molecular complexity index is 905. The van der Waals surface area contributed by atoms with Gasteiger partial charge in [0.15, 0.2) is 5.58 Å². The predicted octanol–water partition coefficient (Wildman–Crippen LogP) is 5.06. The molecule has 0 amide bonds. The van der Waals surface area contributed by atoms with Gasteiger partial charge in [0.05, 0.1) is 0 Å². The molecule has 0 aliphatic rings. The van der Waals surface area contributed by atoms with Crippen LogP contribution in [0.25, 0.3) is 11.1 Å². The molecular formula is C21H17N3O. The SMILES string of the molecule is C(=N/Nc1nc2ccccc2o1)/C(c1ccccc1)c1ccccc1. The summed E-state index contributed by atoms with van der Waals surface area (Å²) in [6, 6.07) is 28.6. The molecule has 3 aromatic carbocycles. The van der Waals surface area contributed by atoms with E-state index in [0.29, 0.717) is 6.01 Å². The lowest BCUT2D eigenvalue weighted by Gasteiger charge is -2.12. The molecule has 122 valence electrons. The highest BCUT2D eigenvalue weighted by molar-refractivity contribution is 5.75. The highest BCUT2D eigenvalue weighted by Crippen LogP contribution is 2.23. The molecule has 0 unspecified atom stereocenters. The van der Waals surface area contributed by atoms with Gasteiger partial charge in [0.2, 0.25) is 0 Å². The summed E-state index contributed by atoms with van der Waals surface area (Å²) in [5, 5.41) is 4.36. The van der Waals surface area contributed by atoms with Gasteiger partial charge < -0.3 is 4.42 Å². The Labute approximate surface area is 145 Å². The van der Waals surface area contributed by atoms with Crippen molar-refractivity contribution in [3.05, 3.63) is 96.1 Å². The molecule has 0 saturated heterocycles. The van der Waals surface area contributed by atoms with E-state index in [1.54, 1.807) is 0 Å². The van der Waals surface area contributed by atoms with E-state index < -0.39 is 0 Å². The molecule has 1 N–H and O–H groups in total. The number of hydrazone groups is 1. The van der Waals surface area contributed by atoms with E-state index in [1.807, 2.05) is 66.9 Å². The average molecular weight is 327 g/mol. The lowest BCUT2D eigenvalue weighted by Crippen LogP contribution is -2.04. The first-order valence-electron chi connectivity index (χ1n) is 8.15. The number of nitrogens with zero attached hydrogens (tertiary/aromatic N) is 2. The van der Waals surface area contributed by atoms with Gasteiger partial charge in [0.25, 0.3) is 0 Å². The van der Waals surface area contributed by atoms with Crippen LogP contribution < -0.4 is 5.43 Å². The van der Waals surface area contributed by atoms with E-state index in [0.717, 1.165) is 11.1 Å². The fourth-order valence-electron chi connectivity index (χ4n) is 2.77. The van der Waals surface area contributed by atoms with E-state index in [-0.39, 0.29) is 5.92 Å². The smallest absolute Gasteiger partial charge is 0.316 e. The molecule has 4 rings (SSSR count). The standard InChI is InChI=1S/C21H17N3O/c1-3-9-16(10-4-1)18(17-11-5-2-6-12-17)15-22-24-21-23-19-13-7-8-14-20(19)25-21/h1-15,18H,(H,23,24)/b22-15-. The molecule has 0 bridgehead atoms. The van der Waals surface area contributed by atoms with Gasteiger partial charge in [-0.2, -0.15) is 10.1 Å². The summed E-state index contributed by atoms with van der Waals surface area (Å²) in [7, 11) is 0. The van der Waals surface area contributed by atoms with Crippen molar-refractivity contribution >= 4 is 23.3 Å². The van der Waals surface area contributed by atoms with Crippen molar-refractivity contribution in [2.75, 3.05) is 5.43 Å². The predicted molar refractivity (Wildman–Crippen MR) is 101 cm³/mol. The molecule has 1 heterocycles. The van der Waals surface area contributed by atoms with Crippen LogP contribution in [-0.4, -0.2) is 11.2 Å². The summed E-state index contributed by atoms with van der Waals surface area (Å²) in [4.78, 5) is 4.36. The zero-order chi connectivity index (χ0) is 16.9. The topological polar surface area (TPSA) is 50.4 Å². The van der Waals surface area contributed by atoms with E-state index in [4.69, 9.17) is 4.42 Å². The summed E-state index contributed by atoms with van der Waals surface area (Å²) < 4.78 is 5.63. The van der Waals surface area contributed by atoms with Crippen molar-refractivity contribution in [1.29, 1.82) is 0 Å². The quantitative estimate of drug-likeness (QED) is 0.412. The van der Waals surface area contributed by atoms with Gasteiger partial charge in [-0.3, -0.25) is 0 Å². The molecule has 0 saturated carbocycles. The van der Waals surface area contributed by atoms with Crippen LogP contribution in [0.4, 0.5) is 6.01 Å². The number of para-hydroxylation sites is 2. The molecular weight excluding hydrogens is 310 g/mol. The van der Waals surface area contributed by atoms with Crippen molar-refractivity contribution in [3.63, 3.8) is 0 Å². The number of aromatic nitrogens is 1. The van der Waals surface area contributed by atoms with E-state index in [2.05, 4.69) is 39.8 Å². The summed E-state index contributed by atoms with van der Waals surface area (Å²) in [6.45, 7) is 0. The molecule has 0 fully saturated rings. The van der Waals surface area contributed by atoms with Crippen molar-refractivity contribution in [1.82, 2.24) is 4.98 Å². The minimum atomic E-state index is 0.0549. The molecule has 4 nitrogen and oxygen atoms in total. The zero-order valence-corrected chi connectivity index (χ0v) is 13.5. The Kier molecular flexibility index (Phi) is 4.25. The maximum atomic E-state index is 5.63. The maximum Gasteiger partial charge on any atom is 0.316 e. The number of hydrogen-bond donors (Lipinski definition) is 1.